The van der Waals surface area contributed by atoms with Crippen LogP contribution in [0.1, 0.15) is 5.56 Å². The Morgan fingerprint density at radius 1 is 1.11 bits per heavy atom. The summed E-state index contributed by atoms with van der Waals surface area (Å²) in [5, 5.41) is 1.09. The van der Waals surface area contributed by atoms with E-state index < -0.39 is 0 Å². The largest absolute Gasteiger partial charge is 0.436 e. The standard InChI is InChI=1S/C12H9Cl3N2O/c13-8-2-1-3-9(11(8)15)18-12-10(14)7(6-16)4-5-17-12/h1-5H,6,16H2. The fourth-order valence-corrected chi connectivity index (χ4v) is 1.92. The van der Waals surface area contributed by atoms with E-state index in [0.717, 1.165) is 5.56 Å². The Morgan fingerprint density at radius 3 is 2.61 bits per heavy atom. The van der Waals surface area contributed by atoms with Crippen LogP contribution in [0.2, 0.25) is 15.1 Å². The quantitative estimate of drug-likeness (QED) is 0.920. The molecular weight excluding hydrogens is 295 g/mol. The van der Waals surface area contributed by atoms with E-state index in [1.165, 1.54) is 0 Å². The number of hydrogen-bond donors (Lipinski definition) is 1. The number of nitrogens with zero attached hydrogens (tertiary/aromatic N) is 1. The lowest BCUT2D eigenvalue weighted by atomic mass is 10.2. The van der Waals surface area contributed by atoms with Crippen LogP contribution in [-0.4, -0.2) is 4.98 Å². The van der Waals surface area contributed by atoms with Crippen LogP contribution in [0.25, 0.3) is 0 Å². The maximum absolute atomic E-state index is 6.11. The normalized spacial score (nSPS) is 10.4. The molecule has 0 fully saturated rings. The molecule has 1 aromatic carbocycles. The molecule has 94 valence electrons. The van der Waals surface area contributed by atoms with E-state index in [1.54, 1.807) is 30.5 Å². The third-order valence-corrected chi connectivity index (χ3v) is 3.49. The molecule has 0 bridgehead atoms. The molecule has 3 nitrogen and oxygen atoms in total. The Hall–Kier alpha value is -1.000. The second kappa shape index (κ2) is 5.76. The molecule has 6 heteroatoms. The van der Waals surface area contributed by atoms with Crippen molar-refractivity contribution in [3.8, 4) is 11.6 Å². The number of pyridine rings is 1. The van der Waals surface area contributed by atoms with Crippen LogP contribution in [0, 0.1) is 0 Å². The maximum Gasteiger partial charge on any atom is 0.238 e. The van der Waals surface area contributed by atoms with Gasteiger partial charge < -0.3 is 10.5 Å². The lowest BCUT2D eigenvalue weighted by Crippen LogP contribution is -1.99. The SMILES string of the molecule is NCc1ccnc(Oc2cccc(Cl)c2Cl)c1Cl. The van der Waals surface area contributed by atoms with Crippen LogP contribution >= 0.6 is 34.8 Å². The summed E-state index contributed by atoms with van der Waals surface area (Å²) in [5.41, 5.74) is 6.30. The van der Waals surface area contributed by atoms with Crippen LogP contribution in [0.5, 0.6) is 11.6 Å². The zero-order valence-electron chi connectivity index (χ0n) is 9.16. The van der Waals surface area contributed by atoms with Crippen molar-refractivity contribution < 1.29 is 4.74 Å². The molecule has 0 saturated heterocycles. The van der Waals surface area contributed by atoms with Gasteiger partial charge in [-0.3, -0.25) is 0 Å². The van der Waals surface area contributed by atoms with Crippen molar-refractivity contribution >= 4 is 34.8 Å². The molecular formula is C12H9Cl3N2O. The van der Waals surface area contributed by atoms with Gasteiger partial charge in [-0.1, -0.05) is 40.9 Å². The van der Waals surface area contributed by atoms with Crippen LogP contribution < -0.4 is 10.5 Å². The highest BCUT2D eigenvalue weighted by molar-refractivity contribution is 6.43. The molecule has 2 aromatic rings. The zero-order valence-corrected chi connectivity index (χ0v) is 11.4. The highest BCUT2D eigenvalue weighted by Crippen LogP contribution is 2.36. The van der Waals surface area contributed by atoms with Crippen molar-refractivity contribution in [3.63, 3.8) is 0 Å². The molecule has 0 spiro atoms. The van der Waals surface area contributed by atoms with Crippen molar-refractivity contribution in [2.45, 2.75) is 6.54 Å². The minimum Gasteiger partial charge on any atom is -0.436 e. The Kier molecular flexibility index (Phi) is 4.30. The van der Waals surface area contributed by atoms with Gasteiger partial charge in [-0.25, -0.2) is 4.98 Å². The Morgan fingerprint density at radius 2 is 1.89 bits per heavy atom. The highest BCUT2D eigenvalue weighted by atomic mass is 35.5. The molecule has 2 rings (SSSR count). The Labute approximate surface area is 119 Å². The van der Waals surface area contributed by atoms with E-state index in [-0.39, 0.29) is 5.88 Å². The number of hydrogen-bond acceptors (Lipinski definition) is 3. The first-order valence-electron chi connectivity index (χ1n) is 5.08. The van der Waals surface area contributed by atoms with Crippen molar-refractivity contribution in [2.24, 2.45) is 5.73 Å². The Bertz CT molecular complexity index is 575. The van der Waals surface area contributed by atoms with Crippen molar-refractivity contribution in [1.29, 1.82) is 0 Å². The average molecular weight is 304 g/mol. The number of nitrogens with two attached hydrogens (primary N) is 1. The number of aromatic nitrogens is 1. The second-order valence-corrected chi connectivity index (χ2v) is 4.61. The smallest absolute Gasteiger partial charge is 0.238 e. The summed E-state index contributed by atoms with van der Waals surface area (Å²) >= 11 is 18.0. The molecule has 2 N–H and O–H groups in total. The molecule has 0 atom stereocenters. The molecule has 0 aliphatic heterocycles. The first-order valence-corrected chi connectivity index (χ1v) is 6.22. The molecule has 0 saturated carbocycles. The molecule has 0 aliphatic rings. The van der Waals surface area contributed by atoms with E-state index in [4.69, 9.17) is 45.3 Å². The van der Waals surface area contributed by atoms with E-state index in [1.807, 2.05) is 0 Å². The summed E-state index contributed by atoms with van der Waals surface area (Å²) in [4.78, 5) is 4.04. The van der Waals surface area contributed by atoms with Gasteiger partial charge in [0, 0.05) is 12.7 Å². The van der Waals surface area contributed by atoms with Crippen molar-refractivity contribution in [2.75, 3.05) is 0 Å². The first kappa shape index (κ1) is 13.4. The number of halogens is 3. The molecule has 1 aromatic heterocycles. The van der Waals surface area contributed by atoms with Gasteiger partial charge in [0.2, 0.25) is 5.88 Å². The molecule has 1 heterocycles. The molecule has 18 heavy (non-hydrogen) atoms. The minimum atomic E-state index is 0.254. The van der Waals surface area contributed by atoms with Gasteiger partial charge in [0.1, 0.15) is 15.8 Å². The molecule has 0 unspecified atom stereocenters. The van der Waals surface area contributed by atoms with E-state index in [2.05, 4.69) is 4.98 Å². The lowest BCUT2D eigenvalue weighted by molar-refractivity contribution is 0.462. The topological polar surface area (TPSA) is 48.1 Å². The monoisotopic (exact) mass is 302 g/mol. The summed E-state index contributed by atoms with van der Waals surface area (Å²) in [5.74, 6) is 0.650. The second-order valence-electron chi connectivity index (χ2n) is 3.45. The van der Waals surface area contributed by atoms with Crippen LogP contribution in [0.3, 0.4) is 0 Å². The third kappa shape index (κ3) is 2.70. The summed E-state index contributed by atoms with van der Waals surface area (Å²) in [6.07, 6.45) is 1.57. The summed E-state index contributed by atoms with van der Waals surface area (Å²) in [6.45, 7) is 0.307. The van der Waals surface area contributed by atoms with Crippen LogP contribution in [0.15, 0.2) is 30.5 Å². The average Bonchev–Trinajstić information content (AvgIpc) is 2.37. The predicted octanol–water partition coefficient (Wildman–Crippen LogP) is 4.29. The van der Waals surface area contributed by atoms with Crippen LogP contribution in [-0.2, 0) is 6.54 Å². The van der Waals surface area contributed by atoms with Crippen LogP contribution in [0.4, 0.5) is 0 Å². The summed E-state index contributed by atoms with van der Waals surface area (Å²) in [7, 11) is 0. The summed E-state index contributed by atoms with van der Waals surface area (Å²) in [6, 6.07) is 6.81. The van der Waals surface area contributed by atoms with Gasteiger partial charge in [0.25, 0.3) is 0 Å². The van der Waals surface area contributed by atoms with Gasteiger partial charge >= 0.3 is 0 Å². The maximum atomic E-state index is 6.11. The van der Waals surface area contributed by atoms with Gasteiger partial charge in [-0.15, -0.1) is 0 Å². The number of rotatable bonds is 3. The Balaban J connectivity index is 2.37. The van der Waals surface area contributed by atoms with E-state index in [9.17, 15) is 0 Å². The predicted molar refractivity (Wildman–Crippen MR) is 73.7 cm³/mol. The zero-order chi connectivity index (χ0) is 13.1. The molecule has 0 aliphatic carbocycles. The fraction of sp³-hybridized carbons (Fsp3) is 0.0833. The molecule has 0 amide bonds. The minimum absolute atomic E-state index is 0.254. The fourth-order valence-electron chi connectivity index (χ4n) is 1.36. The van der Waals surface area contributed by atoms with Gasteiger partial charge in [-0.2, -0.15) is 0 Å². The third-order valence-electron chi connectivity index (χ3n) is 2.28. The summed E-state index contributed by atoms with van der Waals surface area (Å²) < 4.78 is 5.55. The first-order chi connectivity index (χ1) is 8.63. The van der Waals surface area contributed by atoms with Gasteiger partial charge in [-0.05, 0) is 23.8 Å². The molecule has 0 radical (unpaired) electrons. The van der Waals surface area contributed by atoms with Gasteiger partial charge in [0.05, 0.1) is 5.02 Å². The van der Waals surface area contributed by atoms with Crippen molar-refractivity contribution in [1.82, 2.24) is 4.98 Å². The highest BCUT2D eigenvalue weighted by Gasteiger charge is 2.12. The number of ether oxygens (including phenoxy) is 1. The lowest BCUT2D eigenvalue weighted by Gasteiger charge is -2.10. The number of benzene rings is 1. The van der Waals surface area contributed by atoms with E-state index >= 15 is 0 Å². The van der Waals surface area contributed by atoms with E-state index in [0.29, 0.717) is 27.4 Å². The van der Waals surface area contributed by atoms with Crippen molar-refractivity contribution in [3.05, 3.63) is 51.1 Å². The van der Waals surface area contributed by atoms with Gasteiger partial charge in [0.15, 0.2) is 0 Å².